The molecule has 5 heteroatoms. The molecule has 0 heterocycles. The van der Waals surface area contributed by atoms with Crippen LogP contribution in [0, 0.1) is 12.8 Å². The number of rotatable bonds is 4. The van der Waals surface area contributed by atoms with E-state index in [2.05, 4.69) is 5.32 Å². The van der Waals surface area contributed by atoms with Crippen LogP contribution in [0.5, 0.6) is 0 Å². The highest BCUT2D eigenvalue weighted by Crippen LogP contribution is 2.26. The Bertz CT molecular complexity index is 498. The summed E-state index contributed by atoms with van der Waals surface area (Å²) in [6.07, 6.45) is 2.13. The third-order valence-corrected chi connectivity index (χ3v) is 3.88. The van der Waals surface area contributed by atoms with Gasteiger partial charge in [-0.2, -0.15) is 0 Å². The molecule has 3 atom stereocenters. The van der Waals surface area contributed by atoms with Crippen molar-refractivity contribution in [1.29, 1.82) is 0 Å². The maximum atomic E-state index is 12.1. The van der Waals surface area contributed by atoms with Crippen LogP contribution in [-0.2, 0) is 9.59 Å². The summed E-state index contributed by atoms with van der Waals surface area (Å²) < 4.78 is 0. The molecule has 0 saturated heterocycles. The van der Waals surface area contributed by atoms with E-state index in [9.17, 15) is 9.59 Å². The van der Waals surface area contributed by atoms with Crippen LogP contribution in [0.15, 0.2) is 24.3 Å². The molecule has 1 saturated carbocycles. The molecule has 108 valence electrons. The molecule has 4 N–H and O–H groups in total. The van der Waals surface area contributed by atoms with Crippen LogP contribution in [0.3, 0.4) is 0 Å². The Morgan fingerprint density at radius 2 is 1.95 bits per heavy atom. The van der Waals surface area contributed by atoms with Crippen LogP contribution >= 0.6 is 0 Å². The van der Waals surface area contributed by atoms with Crippen LogP contribution in [-0.4, -0.2) is 23.0 Å². The van der Waals surface area contributed by atoms with Crippen molar-refractivity contribution in [1.82, 2.24) is 5.32 Å². The topological polar surface area (TPSA) is 92.4 Å². The monoisotopic (exact) mass is 276 g/mol. The smallest absolute Gasteiger partial charge is 0.308 e. The number of carboxylic acids is 1. The number of hydrogen-bond acceptors (Lipinski definition) is 3. The molecule has 1 amide bonds. The molecule has 0 radical (unpaired) electrons. The van der Waals surface area contributed by atoms with Crippen LogP contribution in [0.25, 0.3) is 0 Å². The number of nitrogens with one attached hydrogen (secondary N) is 1. The lowest BCUT2D eigenvalue weighted by Gasteiger charge is -2.20. The van der Waals surface area contributed by atoms with Gasteiger partial charge in [0.2, 0.25) is 5.91 Å². The van der Waals surface area contributed by atoms with Gasteiger partial charge in [0.1, 0.15) is 6.04 Å². The standard InChI is InChI=1S/C15H20N2O3/c1-9-5-7-10(8-6-9)13(16)14(18)17-12-4-2-3-11(12)15(19)20/h5-8,11-13H,2-4,16H2,1H3,(H,17,18)(H,19,20). The van der Waals surface area contributed by atoms with E-state index < -0.39 is 17.9 Å². The maximum Gasteiger partial charge on any atom is 0.308 e. The van der Waals surface area contributed by atoms with Gasteiger partial charge in [-0.05, 0) is 25.3 Å². The molecular formula is C15H20N2O3. The van der Waals surface area contributed by atoms with Gasteiger partial charge in [0.15, 0.2) is 0 Å². The molecule has 1 aliphatic carbocycles. The van der Waals surface area contributed by atoms with E-state index in [0.717, 1.165) is 17.5 Å². The SMILES string of the molecule is Cc1ccc(C(N)C(=O)NC2CCCC2C(=O)O)cc1. The normalized spacial score (nSPS) is 23.3. The van der Waals surface area contributed by atoms with Crippen LogP contribution in [0.4, 0.5) is 0 Å². The van der Waals surface area contributed by atoms with E-state index in [1.54, 1.807) is 0 Å². The summed E-state index contributed by atoms with van der Waals surface area (Å²) >= 11 is 0. The van der Waals surface area contributed by atoms with Gasteiger partial charge >= 0.3 is 5.97 Å². The quantitative estimate of drug-likeness (QED) is 0.774. The summed E-state index contributed by atoms with van der Waals surface area (Å²) in [5.41, 5.74) is 7.76. The first-order chi connectivity index (χ1) is 9.49. The number of carbonyl (C=O) groups is 2. The summed E-state index contributed by atoms with van der Waals surface area (Å²) in [5.74, 6) is -1.66. The lowest BCUT2D eigenvalue weighted by atomic mass is 10.0. The lowest BCUT2D eigenvalue weighted by Crippen LogP contribution is -2.44. The Morgan fingerprint density at radius 3 is 2.55 bits per heavy atom. The fraction of sp³-hybridized carbons (Fsp3) is 0.467. The molecule has 0 aromatic heterocycles. The molecule has 0 aliphatic heterocycles. The highest BCUT2D eigenvalue weighted by molar-refractivity contribution is 5.84. The van der Waals surface area contributed by atoms with Gasteiger partial charge < -0.3 is 16.2 Å². The minimum atomic E-state index is -0.850. The molecule has 1 aromatic carbocycles. The maximum absolute atomic E-state index is 12.1. The number of benzene rings is 1. The second kappa shape index (κ2) is 6.05. The third-order valence-electron chi connectivity index (χ3n) is 3.88. The van der Waals surface area contributed by atoms with Gasteiger partial charge in [-0.25, -0.2) is 0 Å². The number of hydrogen-bond donors (Lipinski definition) is 3. The number of amides is 1. The predicted octanol–water partition coefficient (Wildman–Crippen LogP) is 1.36. The van der Waals surface area contributed by atoms with Crippen molar-refractivity contribution >= 4 is 11.9 Å². The molecule has 1 fully saturated rings. The Kier molecular flexibility index (Phi) is 4.39. The van der Waals surface area contributed by atoms with Crippen LogP contribution in [0.2, 0.25) is 0 Å². The minimum absolute atomic E-state index is 0.309. The second-order valence-corrected chi connectivity index (χ2v) is 5.38. The Morgan fingerprint density at radius 1 is 1.30 bits per heavy atom. The highest BCUT2D eigenvalue weighted by Gasteiger charge is 2.34. The van der Waals surface area contributed by atoms with E-state index in [0.29, 0.717) is 12.8 Å². The van der Waals surface area contributed by atoms with Crippen molar-refractivity contribution in [3.05, 3.63) is 35.4 Å². The number of carboxylic acid groups (broad SMARTS) is 1. The first-order valence-electron chi connectivity index (χ1n) is 6.84. The van der Waals surface area contributed by atoms with Gasteiger partial charge in [0.05, 0.1) is 5.92 Å². The summed E-state index contributed by atoms with van der Waals surface area (Å²) in [7, 11) is 0. The zero-order valence-corrected chi connectivity index (χ0v) is 11.5. The molecule has 0 bridgehead atoms. The van der Waals surface area contributed by atoms with Gasteiger partial charge in [0, 0.05) is 6.04 Å². The minimum Gasteiger partial charge on any atom is -0.481 e. The van der Waals surface area contributed by atoms with Crippen LogP contribution < -0.4 is 11.1 Å². The predicted molar refractivity (Wildman–Crippen MR) is 75.0 cm³/mol. The average Bonchev–Trinajstić information content (AvgIpc) is 2.87. The van der Waals surface area contributed by atoms with Crippen molar-refractivity contribution < 1.29 is 14.7 Å². The summed E-state index contributed by atoms with van der Waals surface area (Å²) in [6, 6.07) is 6.38. The Hall–Kier alpha value is -1.88. The largest absolute Gasteiger partial charge is 0.481 e. The van der Waals surface area contributed by atoms with E-state index in [4.69, 9.17) is 10.8 Å². The van der Waals surface area contributed by atoms with Crippen LogP contribution in [0.1, 0.15) is 36.4 Å². The van der Waals surface area contributed by atoms with E-state index >= 15 is 0 Å². The molecule has 3 unspecified atom stereocenters. The molecule has 1 aromatic rings. The van der Waals surface area contributed by atoms with Gasteiger partial charge in [-0.3, -0.25) is 9.59 Å². The molecule has 5 nitrogen and oxygen atoms in total. The first kappa shape index (κ1) is 14.5. The van der Waals surface area contributed by atoms with E-state index in [1.807, 2.05) is 31.2 Å². The van der Waals surface area contributed by atoms with Crippen molar-refractivity contribution in [2.75, 3.05) is 0 Å². The summed E-state index contributed by atoms with van der Waals surface area (Å²) in [5, 5.41) is 11.9. The fourth-order valence-electron chi connectivity index (χ4n) is 2.63. The van der Waals surface area contributed by atoms with Gasteiger partial charge in [0.25, 0.3) is 0 Å². The molecular weight excluding hydrogens is 256 g/mol. The van der Waals surface area contributed by atoms with E-state index in [-0.39, 0.29) is 11.9 Å². The zero-order valence-electron chi connectivity index (χ0n) is 11.5. The molecule has 2 rings (SSSR count). The van der Waals surface area contributed by atoms with Crippen molar-refractivity contribution in [2.45, 2.75) is 38.3 Å². The van der Waals surface area contributed by atoms with Crippen molar-refractivity contribution in [3.63, 3.8) is 0 Å². The molecule has 1 aliphatic rings. The highest BCUT2D eigenvalue weighted by atomic mass is 16.4. The Labute approximate surface area is 118 Å². The fourth-order valence-corrected chi connectivity index (χ4v) is 2.63. The molecule has 20 heavy (non-hydrogen) atoms. The Balaban J connectivity index is 2.00. The number of aryl methyl sites for hydroxylation is 1. The zero-order chi connectivity index (χ0) is 14.7. The number of nitrogens with two attached hydrogens (primary N) is 1. The number of carbonyl (C=O) groups excluding carboxylic acids is 1. The second-order valence-electron chi connectivity index (χ2n) is 5.38. The van der Waals surface area contributed by atoms with Gasteiger partial charge in [-0.15, -0.1) is 0 Å². The first-order valence-corrected chi connectivity index (χ1v) is 6.84. The average molecular weight is 276 g/mol. The third kappa shape index (κ3) is 3.17. The van der Waals surface area contributed by atoms with E-state index in [1.165, 1.54) is 0 Å². The van der Waals surface area contributed by atoms with Crippen molar-refractivity contribution in [3.8, 4) is 0 Å². The summed E-state index contributed by atoms with van der Waals surface area (Å²) in [6.45, 7) is 1.96. The lowest BCUT2D eigenvalue weighted by molar-refractivity contribution is -0.142. The molecule has 0 spiro atoms. The number of aliphatic carboxylic acids is 1. The van der Waals surface area contributed by atoms with Crippen molar-refractivity contribution in [2.24, 2.45) is 11.7 Å². The van der Waals surface area contributed by atoms with Gasteiger partial charge in [-0.1, -0.05) is 36.2 Å². The summed E-state index contributed by atoms with van der Waals surface area (Å²) in [4.78, 5) is 23.2.